The summed E-state index contributed by atoms with van der Waals surface area (Å²) in [5.41, 5.74) is 12.6. The van der Waals surface area contributed by atoms with Crippen LogP contribution in [-0.2, 0) is 20.9 Å². The molecule has 3 aromatic rings. The molecule has 0 aromatic heterocycles. The average Bonchev–Trinajstić information content (AvgIpc) is 3.03. The summed E-state index contributed by atoms with van der Waals surface area (Å²) in [4.78, 5) is 43.2. The Morgan fingerprint density at radius 2 is 1.56 bits per heavy atom. The van der Waals surface area contributed by atoms with Crippen molar-refractivity contribution < 1.29 is 29.0 Å². The van der Waals surface area contributed by atoms with Gasteiger partial charge in [-0.3, -0.25) is 14.6 Å². The normalized spacial score (nSPS) is 12.2. The molecule has 12 heteroatoms. The molecule has 0 aliphatic heterocycles. The third-order valence-electron chi connectivity index (χ3n) is 7.08. The summed E-state index contributed by atoms with van der Waals surface area (Å²) in [5, 5.41) is 18.2. The molecule has 0 heterocycles. The lowest BCUT2D eigenvalue weighted by atomic mass is 9.90. The maximum absolute atomic E-state index is 14.0. The minimum Gasteiger partial charge on any atom is -0.508 e. The van der Waals surface area contributed by atoms with E-state index in [1.54, 1.807) is 24.3 Å². The topological polar surface area (TPSA) is 190 Å². The van der Waals surface area contributed by atoms with Crippen molar-refractivity contribution in [2.24, 2.45) is 16.5 Å². The average molecular weight is 661 g/mol. The standard InChI is InChI=1S/C36H48N6O6/c1-36(2,3)48-35(46)40-20-7-8-22-47-29-14-9-13-27(23-29)31(26-11-5-4-6-12-26)33(45)42-30(15-10-21-39-34(37)38)32(44)41-24-25-16-18-28(43)19-17-25/h4-6,9,11-14,16-19,23,30-31,43H,7-8,10,15,20-22,24H2,1-3H3,(H,40,46)(H,41,44)(H,42,45)(H4,37,38,39)/t30-,31?/m1/s1. The Morgan fingerprint density at radius 1 is 0.854 bits per heavy atom. The van der Waals surface area contributed by atoms with Crippen LogP contribution in [0.2, 0.25) is 0 Å². The third-order valence-corrected chi connectivity index (χ3v) is 7.08. The first kappa shape index (κ1) is 37.2. The number of rotatable bonds is 17. The lowest BCUT2D eigenvalue weighted by molar-refractivity contribution is -0.129. The molecule has 258 valence electrons. The van der Waals surface area contributed by atoms with Crippen LogP contribution in [0.4, 0.5) is 4.79 Å². The van der Waals surface area contributed by atoms with Gasteiger partial charge in [0.1, 0.15) is 23.1 Å². The number of hydrogen-bond donors (Lipinski definition) is 6. The second kappa shape index (κ2) is 18.8. The van der Waals surface area contributed by atoms with E-state index in [9.17, 15) is 19.5 Å². The van der Waals surface area contributed by atoms with Gasteiger partial charge >= 0.3 is 6.09 Å². The van der Waals surface area contributed by atoms with Crippen molar-refractivity contribution >= 4 is 23.9 Å². The van der Waals surface area contributed by atoms with Gasteiger partial charge in [0.05, 0.1) is 12.5 Å². The Morgan fingerprint density at radius 3 is 2.25 bits per heavy atom. The van der Waals surface area contributed by atoms with Gasteiger partial charge in [0, 0.05) is 19.6 Å². The number of alkyl carbamates (subject to hydrolysis) is 1. The molecule has 0 spiro atoms. The number of nitrogens with one attached hydrogen (secondary N) is 3. The first-order valence-electron chi connectivity index (χ1n) is 16.1. The van der Waals surface area contributed by atoms with E-state index in [2.05, 4.69) is 20.9 Å². The van der Waals surface area contributed by atoms with E-state index >= 15 is 0 Å². The van der Waals surface area contributed by atoms with Crippen molar-refractivity contribution in [2.75, 3.05) is 19.7 Å². The number of ether oxygens (including phenoxy) is 2. The lowest BCUT2D eigenvalue weighted by Crippen LogP contribution is -2.48. The van der Waals surface area contributed by atoms with Crippen molar-refractivity contribution in [3.63, 3.8) is 0 Å². The van der Waals surface area contributed by atoms with Crippen LogP contribution >= 0.6 is 0 Å². The fraction of sp³-hybridized carbons (Fsp3) is 0.389. The summed E-state index contributed by atoms with van der Waals surface area (Å²) >= 11 is 0. The zero-order valence-electron chi connectivity index (χ0n) is 27.9. The van der Waals surface area contributed by atoms with Crippen molar-refractivity contribution in [3.05, 3.63) is 95.6 Å². The summed E-state index contributed by atoms with van der Waals surface area (Å²) in [6.07, 6.45) is 1.71. The SMILES string of the molecule is CC(C)(C)OC(=O)NCCCCOc1cccc(C(C(=O)N[C@H](CCCN=C(N)N)C(=O)NCc2ccc(O)cc2)c2ccccc2)c1. The summed E-state index contributed by atoms with van der Waals surface area (Å²) in [7, 11) is 0. The Balaban J connectivity index is 1.69. The lowest BCUT2D eigenvalue weighted by Gasteiger charge is -2.23. The van der Waals surface area contributed by atoms with Crippen LogP contribution in [0.1, 0.15) is 69.1 Å². The van der Waals surface area contributed by atoms with Crippen molar-refractivity contribution in [1.29, 1.82) is 0 Å². The van der Waals surface area contributed by atoms with Gasteiger partial charge in [-0.1, -0.05) is 54.6 Å². The van der Waals surface area contributed by atoms with Gasteiger partial charge in [-0.05, 0) is 87.4 Å². The Hall–Kier alpha value is -5.26. The second-order valence-electron chi connectivity index (χ2n) is 12.3. The third kappa shape index (κ3) is 13.6. The minimum absolute atomic E-state index is 0.0453. The summed E-state index contributed by atoms with van der Waals surface area (Å²) in [5.74, 6) is -0.746. The minimum atomic E-state index is -0.858. The van der Waals surface area contributed by atoms with Crippen molar-refractivity contribution in [3.8, 4) is 11.5 Å². The summed E-state index contributed by atoms with van der Waals surface area (Å²) < 4.78 is 11.2. The van der Waals surface area contributed by atoms with E-state index in [0.29, 0.717) is 56.7 Å². The molecule has 48 heavy (non-hydrogen) atoms. The maximum atomic E-state index is 14.0. The maximum Gasteiger partial charge on any atom is 0.407 e. The largest absolute Gasteiger partial charge is 0.508 e. The van der Waals surface area contributed by atoms with Gasteiger partial charge in [-0.25, -0.2) is 4.79 Å². The molecular formula is C36H48N6O6. The molecule has 0 radical (unpaired) electrons. The second-order valence-corrected chi connectivity index (χ2v) is 12.3. The molecule has 1 unspecified atom stereocenters. The van der Waals surface area contributed by atoms with Gasteiger partial charge in [0.2, 0.25) is 11.8 Å². The first-order chi connectivity index (χ1) is 22.9. The quantitative estimate of drug-likeness (QED) is 0.0710. The van der Waals surface area contributed by atoms with E-state index in [1.165, 1.54) is 0 Å². The Kier molecular flexibility index (Phi) is 14.6. The number of hydrogen-bond acceptors (Lipinski definition) is 7. The van der Waals surface area contributed by atoms with Crippen LogP contribution in [0.25, 0.3) is 0 Å². The van der Waals surface area contributed by atoms with Gasteiger partial charge in [0.25, 0.3) is 0 Å². The summed E-state index contributed by atoms with van der Waals surface area (Å²) in [6, 6.07) is 22.3. The first-order valence-corrected chi connectivity index (χ1v) is 16.1. The molecule has 3 aromatic carbocycles. The number of unbranched alkanes of at least 4 members (excludes halogenated alkanes) is 1. The highest BCUT2D eigenvalue weighted by molar-refractivity contribution is 5.92. The fourth-order valence-corrected chi connectivity index (χ4v) is 4.80. The fourth-order valence-electron chi connectivity index (χ4n) is 4.80. The number of guanidine groups is 1. The number of carbonyl (C=O) groups is 3. The molecule has 0 saturated carbocycles. The van der Waals surface area contributed by atoms with Gasteiger partial charge in [0.15, 0.2) is 5.96 Å². The van der Waals surface area contributed by atoms with Crippen LogP contribution in [0.15, 0.2) is 83.9 Å². The van der Waals surface area contributed by atoms with E-state index in [1.807, 2.05) is 75.4 Å². The number of phenolic OH excluding ortho intramolecular Hbond substituents is 1. The van der Waals surface area contributed by atoms with E-state index in [4.69, 9.17) is 20.9 Å². The molecule has 0 aliphatic carbocycles. The number of nitrogens with zero attached hydrogens (tertiary/aromatic N) is 1. The van der Waals surface area contributed by atoms with Crippen molar-refractivity contribution in [1.82, 2.24) is 16.0 Å². The van der Waals surface area contributed by atoms with Crippen LogP contribution in [0.3, 0.4) is 0 Å². The highest BCUT2D eigenvalue weighted by Crippen LogP contribution is 2.28. The Bertz CT molecular complexity index is 1490. The highest BCUT2D eigenvalue weighted by atomic mass is 16.6. The monoisotopic (exact) mass is 660 g/mol. The zero-order chi connectivity index (χ0) is 34.9. The molecule has 0 bridgehead atoms. The zero-order valence-corrected chi connectivity index (χ0v) is 27.9. The van der Waals surface area contributed by atoms with Crippen LogP contribution in [-0.4, -0.2) is 60.3 Å². The van der Waals surface area contributed by atoms with Crippen LogP contribution in [0.5, 0.6) is 11.5 Å². The predicted octanol–water partition coefficient (Wildman–Crippen LogP) is 4.06. The Labute approximate surface area is 282 Å². The molecule has 12 nitrogen and oxygen atoms in total. The number of aromatic hydroxyl groups is 1. The highest BCUT2D eigenvalue weighted by Gasteiger charge is 2.28. The number of aliphatic imine (C=N–C) groups is 1. The van der Waals surface area contributed by atoms with Gasteiger partial charge in [-0.15, -0.1) is 0 Å². The van der Waals surface area contributed by atoms with Crippen LogP contribution < -0.4 is 32.2 Å². The van der Waals surface area contributed by atoms with E-state index in [-0.39, 0.29) is 30.1 Å². The molecule has 0 aliphatic rings. The number of benzene rings is 3. The molecule has 3 amide bonds. The molecule has 0 fully saturated rings. The number of nitrogens with two attached hydrogens (primary N) is 2. The molecule has 2 atom stereocenters. The summed E-state index contributed by atoms with van der Waals surface area (Å²) in [6.45, 7) is 6.85. The number of phenols is 1. The molecule has 8 N–H and O–H groups in total. The number of amides is 3. The predicted molar refractivity (Wildman–Crippen MR) is 185 cm³/mol. The smallest absolute Gasteiger partial charge is 0.407 e. The van der Waals surface area contributed by atoms with Crippen molar-refractivity contribution in [2.45, 2.75) is 70.6 Å². The van der Waals surface area contributed by atoms with Crippen LogP contribution in [0, 0.1) is 0 Å². The van der Waals surface area contributed by atoms with Gasteiger partial charge < -0.3 is 42.0 Å². The number of carbonyl (C=O) groups excluding carboxylic acids is 3. The molecule has 0 saturated heterocycles. The molecular weight excluding hydrogens is 612 g/mol. The van der Waals surface area contributed by atoms with E-state index < -0.39 is 23.7 Å². The molecule has 3 rings (SSSR count). The van der Waals surface area contributed by atoms with Gasteiger partial charge in [-0.2, -0.15) is 0 Å². The van der Waals surface area contributed by atoms with E-state index in [0.717, 1.165) is 11.1 Å².